The Labute approximate surface area is 99.0 Å². The molecule has 0 amide bonds. The third-order valence-corrected chi connectivity index (χ3v) is 2.60. The highest BCUT2D eigenvalue weighted by atomic mass is 14.1. The summed E-state index contributed by atoms with van der Waals surface area (Å²) < 4.78 is 0. The van der Waals surface area contributed by atoms with Gasteiger partial charge in [0.25, 0.3) is 0 Å². The molecule has 0 heterocycles. The molecular weight excluding hydrogens is 192 g/mol. The van der Waals surface area contributed by atoms with Crippen LogP contribution in [-0.2, 0) is 0 Å². The summed E-state index contributed by atoms with van der Waals surface area (Å²) in [5.74, 6) is 0.484. The lowest BCUT2D eigenvalue weighted by Crippen LogP contribution is -1.94. The van der Waals surface area contributed by atoms with E-state index in [-0.39, 0.29) is 0 Å². The monoisotopic (exact) mass is 212 g/mol. The van der Waals surface area contributed by atoms with Crippen LogP contribution in [0.25, 0.3) is 0 Å². The average Bonchev–Trinajstić information content (AvgIpc) is 2.42. The summed E-state index contributed by atoms with van der Waals surface area (Å²) in [6, 6.07) is 21.2. The first-order chi connectivity index (χ1) is 7.88. The van der Waals surface area contributed by atoms with Gasteiger partial charge in [0, 0.05) is 5.92 Å². The zero-order valence-electron chi connectivity index (χ0n) is 10.4. The maximum atomic E-state index is 2.24. The topological polar surface area (TPSA) is 0 Å². The Hall–Kier alpha value is -1.56. The van der Waals surface area contributed by atoms with E-state index >= 15 is 0 Å². The van der Waals surface area contributed by atoms with Crippen molar-refractivity contribution < 1.29 is 0 Å². The molecule has 0 unspecified atom stereocenters. The van der Waals surface area contributed by atoms with E-state index in [2.05, 4.69) is 67.6 Å². The molecule has 0 spiro atoms. The molecule has 2 rings (SSSR count). The van der Waals surface area contributed by atoms with Gasteiger partial charge in [-0.05, 0) is 11.1 Å². The number of hydrogen-bond acceptors (Lipinski definition) is 0. The molecular formula is C16H20. The van der Waals surface area contributed by atoms with Gasteiger partial charge in [0.05, 0.1) is 0 Å². The quantitative estimate of drug-likeness (QED) is 0.666. The molecule has 2 aromatic carbocycles. The highest BCUT2D eigenvalue weighted by molar-refractivity contribution is 5.31. The Morgan fingerprint density at radius 2 is 0.938 bits per heavy atom. The molecule has 84 valence electrons. The predicted octanol–water partition coefficient (Wildman–Crippen LogP) is 4.86. The maximum absolute atomic E-state index is 2.24. The van der Waals surface area contributed by atoms with Gasteiger partial charge in [0.2, 0.25) is 0 Å². The molecule has 0 saturated carbocycles. The van der Waals surface area contributed by atoms with E-state index in [1.807, 2.05) is 13.8 Å². The van der Waals surface area contributed by atoms with Gasteiger partial charge in [0.15, 0.2) is 0 Å². The summed E-state index contributed by atoms with van der Waals surface area (Å²) in [6.07, 6.45) is 0. The van der Waals surface area contributed by atoms with E-state index in [0.29, 0.717) is 5.92 Å². The van der Waals surface area contributed by atoms with Gasteiger partial charge in [-0.2, -0.15) is 0 Å². The second-order valence-electron chi connectivity index (χ2n) is 3.54. The Morgan fingerprint density at radius 3 is 1.25 bits per heavy atom. The number of hydrogen-bond donors (Lipinski definition) is 0. The van der Waals surface area contributed by atoms with Gasteiger partial charge in [-0.15, -0.1) is 0 Å². The smallest absolute Gasteiger partial charge is 0.00610 e. The van der Waals surface area contributed by atoms with Crippen molar-refractivity contribution in [1.29, 1.82) is 0 Å². The first-order valence-corrected chi connectivity index (χ1v) is 5.98. The van der Waals surface area contributed by atoms with E-state index in [0.717, 1.165) is 0 Å². The van der Waals surface area contributed by atoms with Gasteiger partial charge < -0.3 is 0 Å². The van der Waals surface area contributed by atoms with Crippen LogP contribution >= 0.6 is 0 Å². The highest BCUT2D eigenvalue weighted by Gasteiger charge is 2.05. The molecule has 0 bridgehead atoms. The highest BCUT2D eigenvalue weighted by Crippen LogP contribution is 2.22. The van der Waals surface area contributed by atoms with E-state index in [1.54, 1.807) is 0 Å². The molecule has 0 aliphatic rings. The van der Waals surface area contributed by atoms with Crippen LogP contribution in [0, 0.1) is 0 Å². The van der Waals surface area contributed by atoms with E-state index in [4.69, 9.17) is 0 Å². The second-order valence-corrected chi connectivity index (χ2v) is 3.54. The average molecular weight is 212 g/mol. The minimum Gasteiger partial charge on any atom is -0.0683 e. The summed E-state index contributed by atoms with van der Waals surface area (Å²) in [7, 11) is 0. The van der Waals surface area contributed by atoms with Crippen LogP contribution in [-0.4, -0.2) is 0 Å². The van der Waals surface area contributed by atoms with Gasteiger partial charge in [-0.3, -0.25) is 0 Å². The molecule has 0 saturated heterocycles. The van der Waals surface area contributed by atoms with Crippen molar-refractivity contribution >= 4 is 0 Å². The van der Waals surface area contributed by atoms with Crippen molar-refractivity contribution in [2.75, 3.05) is 0 Å². The SMILES string of the molecule is CC.CC(c1ccccc1)c1ccccc1. The molecule has 16 heavy (non-hydrogen) atoms. The number of benzene rings is 2. The first-order valence-electron chi connectivity index (χ1n) is 5.98. The van der Waals surface area contributed by atoms with E-state index in [9.17, 15) is 0 Å². The van der Waals surface area contributed by atoms with Crippen molar-refractivity contribution in [3.63, 3.8) is 0 Å². The molecule has 0 aromatic heterocycles. The van der Waals surface area contributed by atoms with Crippen molar-refractivity contribution in [1.82, 2.24) is 0 Å². The van der Waals surface area contributed by atoms with Crippen LogP contribution in [0.15, 0.2) is 60.7 Å². The third kappa shape index (κ3) is 3.23. The Kier molecular flexibility index (Phi) is 5.35. The Bertz CT molecular complexity index is 336. The molecule has 0 fully saturated rings. The largest absolute Gasteiger partial charge is 0.0683 e. The van der Waals surface area contributed by atoms with Gasteiger partial charge in [-0.25, -0.2) is 0 Å². The van der Waals surface area contributed by atoms with Gasteiger partial charge >= 0.3 is 0 Å². The van der Waals surface area contributed by atoms with Crippen molar-refractivity contribution in [3.8, 4) is 0 Å². The second kappa shape index (κ2) is 6.84. The normalized spacial score (nSPS) is 9.50. The minimum atomic E-state index is 0.484. The molecule has 2 aromatic rings. The fraction of sp³-hybridized carbons (Fsp3) is 0.250. The first kappa shape index (κ1) is 12.5. The van der Waals surface area contributed by atoms with Crippen molar-refractivity contribution in [3.05, 3.63) is 71.8 Å². The standard InChI is InChI=1S/C14H14.C2H6/c1-12(13-8-4-2-5-9-13)14-10-6-3-7-11-14;1-2/h2-12H,1H3;1-2H3. The summed E-state index contributed by atoms with van der Waals surface area (Å²) >= 11 is 0. The van der Waals surface area contributed by atoms with Crippen LogP contribution < -0.4 is 0 Å². The minimum absolute atomic E-state index is 0.484. The fourth-order valence-corrected chi connectivity index (χ4v) is 1.68. The molecule has 0 aliphatic carbocycles. The fourth-order valence-electron chi connectivity index (χ4n) is 1.68. The molecule has 0 aliphatic heterocycles. The van der Waals surface area contributed by atoms with Crippen LogP contribution in [0.4, 0.5) is 0 Å². The Morgan fingerprint density at radius 1 is 0.625 bits per heavy atom. The zero-order chi connectivity index (χ0) is 11.8. The van der Waals surface area contributed by atoms with Crippen LogP contribution in [0.3, 0.4) is 0 Å². The van der Waals surface area contributed by atoms with Crippen molar-refractivity contribution in [2.45, 2.75) is 26.7 Å². The molecule has 0 nitrogen and oxygen atoms in total. The number of rotatable bonds is 2. The van der Waals surface area contributed by atoms with Gasteiger partial charge in [0.1, 0.15) is 0 Å². The summed E-state index contributed by atoms with van der Waals surface area (Å²) in [5.41, 5.74) is 2.75. The third-order valence-electron chi connectivity index (χ3n) is 2.60. The summed E-state index contributed by atoms with van der Waals surface area (Å²) in [6.45, 7) is 6.24. The van der Waals surface area contributed by atoms with Crippen LogP contribution in [0.5, 0.6) is 0 Å². The van der Waals surface area contributed by atoms with Gasteiger partial charge in [-0.1, -0.05) is 81.4 Å². The van der Waals surface area contributed by atoms with E-state index < -0.39 is 0 Å². The summed E-state index contributed by atoms with van der Waals surface area (Å²) in [4.78, 5) is 0. The predicted molar refractivity (Wildman–Crippen MR) is 71.7 cm³/mol. The van der Waals surface area contributed by atoms with E-state index in [1.165, 1.54) is 11.1 Å². The molecule has 0 N–H and O–H groups in total. The lowest BCUT2D eigenvalue weighted by Gasteiger charge is -2.11. The summed E-state index contributed by atoms with van der Waals surface area (Å²) in [5, 5.41) is 0. The van der Waals surface area contributed by atoms with Crippen LogP contribution in [0.1, 0.15) is 37.8 Å². The lowest BCUT2D eigenvalue weighted by atomic mass is 9.93. The molecule has 0 atom stereocenters. The Balaban J connectivity index is 0.000000606. The lowest BCUT2D eigenvalue weighted by molar-refractivity contribution is 0.922. The maximum Gasteiger partial charge on any atom is 0.00610 e. The van der Waals surface area contributed by atoms with Crippen LogP contribution in [0.2, 0.25) is 0 Å². The molecule has 0 heteroatoms. The molecule has 0 radical (unpaired) electrons. The van der Waals surface area contributed by atoms with Crippen molar-refractivity contribution in [2.24, 2.45) is 0 Å². The zero-order valence-corrected chi connectivity index (χ0v) is 10.4.